The molecule has 0 aliphatic heterocycles. The molecule has 92 valence electrons. The summed E-state index contributed by atoms with van der Waals surface area (Å²) in [5.41, 5.74) is 9.53. The van der Waals surface area contributed by atoms with Crippen LogP contribution in [0.25, 0.3) is 0 Å². The number of aromatic nitrogens is 2. The van der Waals surface area contributed by atoms with Gasteiger partial charge in [0, 0.05) is 5.69 Å². The molecule has 0 saturated carbocycles. The van der Waals surface area contributed by atoms with Crippen molar-refractivity contribution < 1.29 is 0 Å². The van der Waals surface area contributed by atoms with Gasteiger partial charge in [-0.15, -0.1) is 0 Å². The molecule has 0 bridgehead atoms. The average molecular weight is 223 g/mol. The standard InChI is InChI=1S/C13H25N3/c1-6-12(7-2)16-11(5)13(9(3)8-14)10(4)15-16/h9,12H,6-8,14H2,1-5H3. The lowest BCUT2D eigenvalue weighted by atomic mass is 9.99. The van der Waals surface area contributed by atoms with Gasteiger partial charge in [-0.25, -0.2) is 0 Å². The van der Waals surface area contributed by atoms with Gasteiger partial charge in [0.05, 0.1) is 11.7 Å². The Kier molecular flexibility index (Phi) is 4.54. The Hall–Kier alpha value is -0.830. The van der Waals surface area contributed by atoms with E-state index in [0.717, 1.165) is 18.5 Å². The second-order valence-corrected chi connectivity index (χ2v) is 4.64. The fourth-order valence-corrected chi connectivity index (χ4v) is 2.50. The molecule has 16 heavy (non-hydrogen) atoms. The van der Waals surface area contributed by atoms with Crippen LogP contribution in [0.1, 0.15) is 62.5 Å². The molecule has 0 saturated heterocycles. The monoisotopic (exact) mass is 223 g/mol. The lowest BCUT2D eigenvalue weighted by Crippen LogP contribution is -2.13. The molecule has 3 nitrogen and oxygen atoms in total. The van der Waals surface area contributed by atoms with Gasteiger partial charge >= 0.3 is 0 Å². The van der Waals surface area contributed by atoms with Crippen molar-refractivity contribution in [3.05, 3.63) is 17.0 Å². The third-order valence-electron chi connectivity index (χ3n) is 3.52. The molecule has 0 amide bonds. The second kappa shape index (κ2) is 5.48. The Bertz CT molecular complexity index is 337. The predicted octanol–water partition coefficient (Wildman–Crippen LogP) is 2.92. The maximum atomic E-state index is 5.76. The van der Waals surface area contributed by atoms with E-state index in [-0.39, 0.29) is 0 Å². The van der Waals surface area contributed by atoms with Crippen LogP contribution in [0.2, 0.25) is 0 Å². The molecule has 1 aromatic heterocycles. The summed E-state index contributed by atoms with van der Waals surface area (Å²) in [5, 5.41) is 4.68. The van der Waals surface area contributed by atoms with Crippen molar-refractivity contribution in [3.63, 3.8) is 0 Å². The smallest absolute Gasteiger partial charge is 0.0631 e. The summed E-state index contributed by atoms with van der Waals surface area (Å²) in [6.07, 6.45) is 2.27. The van der Waals surface area contributed by atoms with Crippen molar-refractivity contribution in [2.24, 2.45) is 5.73 Å². The van der Waals surface area contributed by atoms with Crippen molar-refractivity contribution in [1.82, 2.24) is 9.78 Å². The zero-order chi connectivity index (χ0) is 12.3. The number of nitrogens with zero attached hydrogens (tertiary/aromatic N) is 2. The molecule has 0 spiro atoms. The Balaban J connectivity index is 3.15. The van der Waals surface area contributed by atoms with E-state index in [1.807, 2.05) is 0 Å². The van der Waals surface area contributed by atoms with E-state index in [0.29, 0.717) is 18.5 Å². The van der Waals surface area contributed by atoms with Gasteiger partial charge in [0.15, 0.2) is 0 Å². The largest absolute Gasteiger partial charge is 0.330 e. The van der Waals surface area contributed by atoms with Gasteiger partial charge in [0.1, 0.15) is 0 Å². The summed E-state index contributed by atoms with van der Waals surface area (Å²) < 4.78 is 2.19. The summed E-state index contributed by atoms with van der Waals surface area (Å²) in [4.78, 5) is 0. The molecule has 0 radical (unpaired) electrons. The van der Waals surface area contributed by atoms with Gasteiger partial charge in [-0.05, 0) is 44.7 Å². The van der Waals surface area contributed by atoms with Gasteiger partial charge in [-0.2, -0.15) is 5.10 Å². The Morgan fingerprint density at radius 2 is 1.81 bits per heavy atom. The summed E-state index contributed by atoms with van der Waals surface area (Å²) in [5.74, 6) is 0.406. The van der Waals surface area contributed by atoms with Crippen LogP contribution in [-0.4, -0.2) is 16.3 Å². The van der Waals surface area contributed by atoms with Crippen LogP contribution in [-0.2, 0) is 0 Å². The van der Waals surface area contributed by atoms with Crippen molar-refractivity contribution in [2.45, 2.75) is 59.4 Å². The molecule has 1 atom stereocenters. The highest BCUT2D eigenvalue weighted by molar-refractivity contribution is 5.28. The van der Waals surface area contributed by atoms with Crippen LogP contribution in [0.4, 0.5) is 0 Å². The van der Waals surface area contributed by atoms with E-state index in [4.69, 9.17) is 5.73 Å². The van der Waals surface area contributed by atoms with E-state index in [1.54, 1.807) is 0 Å². The molecule has 2 N–H and O–H groups in total. The van der Waals surface area contributed by atoms with Crippen molar-refractivity contribution in [1.29, 1.82) is 0 Å². The Morgan fingerprint density at radius 3 is 2.25 bits per heavy atom. The van der Waals surface area contributed by atoms with Crippen molar-refractivity contribution >= 4 is 0 Å². The topological polar surface area (TPSA) is 43.8 Å². The fourth-order valence-electron chi connectivity index (χ4n) is 2.50. The molecule has 1 aromatic rings. The van der Waals surface area contributed by atoms with Crippen LogP contribution in [0.3, 0.4) is 0 Å². The van der Waals surface area contributed by atoms with E-state index in [1.165, 1.54) is 11.3 Å². The number of hydrogen-bond donors (Lipinski definition) is 1. The summed E-state index contributed by atoms with van der Waals surface area (Å²) in [7, 11) is 0. The number of aryl methyl sites for hydroxylation is 1. The third kappa shape index (κ3) is 2.29. The number of nitrogens with two attached hydrogens (primary N) is 1. The minimum atomic E-state index is 0.406. The maximum absolute atomic E-state index is 5.76. The number of rotatable bonds is 5. The quantitative estimate of drug-likeness (QED) is 0.834. The first-order chi connectivity index (χ1) is 7.56. The Morgan fingerprint density at radius 1 is 1.25 bits per heavy atom. The molecular weight excluding hydrogens is 198 g/mol. The highest BCUT2D eigenvalue weighted by Crippen LogP contribution is 2.26. The normalized spacial score (nSPS) is 13.4. The van der Waals surface area contributed by atoms with E-state index in [9.17, 15) is 0 Å². The Labute approximate surface area is 99.0 Å². The summed E-state index contributed by atoms with van der Waals surface area (Å²) in [6.45, 7) is 11.6. The van der Waals surface area contributed by atoms with E-state index >= 15 is 0 Å². The molecule has 1 rings (SSSR count). The highest BCUT2D eigenvalue weighted by atomic mass is 15.3. The molecule has 0 aliphatic carbocycles. The molecule has 0 aliphatic rings. The second-order valence-electron chi connectivity index (χ2n) is 4.64. The lowest BCUT2D eigenvalue weighted by Gasteiger charge is -2.16. The molecule has 0 aromatic carbocycles. The van der Waals surface area contributed by atoms with Crippen LogP contribution in [0.15, 0.2) is 0 Å². The van der Waals surface area contributed by atoms with Crippen LogP contribution in [0, 0.1) is 13.8 Å². The minimum absolute atomic E-state index is 0.406. The van der Waals surface area contributed by atoms with Crippen molar-refractivity contribution in [3.8, 4) is 0 Å². The predicted molar refractivity (Wildman–Crippen MR) is 68.8 cm³/mol. The van der Waals surface area contributed by atoms with Gasteiger partial charge in [0.2, 0.25) is 0 Å². The maximum Gasteiger partial charge on any atom is 0.0631 e. The molecule has 1 unspecified atom stereocenters. The lowest BCUT2D eigenvalue weighted by molar-refractivity contribution is 0.417. The zero-order valence-electron chi connectivity index (χ0n) is 11.2. The van der Waals surface area contributed by atoms with Crippen LogP contribution < -0.4 is 5.73 Å². The first kappa shape index (κ1) is 13.2. The number of hydrogen-bond acceptors (Lipinski definition) is 2. The SMILES string of the molecule is CCC(CC)n1nc(C)c(C(C)CN)c1C. The minimum Gasteiger partial charge on any atom is -0.330 e. The summed E-state index contributed by atoms with van der Waals surface area (Å²) in [6, 6.07) is 0.525. The van der Waals surface area contributed by atoms with Gasteiger partial charge in [-0.1, -0.05) is 20.8 Å². The zero-order valence-corrected chi connectivity index (χ0v) is 11.2. The summed E-state index contributed by atoms with van der Waals surface area (Å²) >= 11 is 0. The first-order valence-corrected chi connectivity index (χ1v) is 6.32. The van der Waals surface area contributed by atoms with Crippen LogP contribution in [0.5, 0.6) is 0 Å². The molecule has 1 heterocycles. The highest BCUT2D eigenvalue weighted by Gasteiger charge is 2.19. The van der Waals surface area contributed by atoms with E-state index < -0.39 is 0 Å². The van der Waals surface area contributed by atoms with Crippen LogP contribution >= 0.6 is 0 Å². The van der Waals surface area contributed by atoms with E-state index in [2.05, 4.69) is 44.4 Å². The van der Waals surface area contributed by atoms with Crippen molar-refractivity contribution in [2.75, 3.05) is 6.54 Å². The molecule has 0 fully saturated rings. The third-order valence-corrected chi connectivity index (χ3v) is 3.52. The van der Waals surface area contributed by atoms with Gasteiger partial charge < -0.3 is 5.73 Å². The average Bonchev–Trinajstić information content (AvgIpc) is 2.56. The fraction of sp³-hybridized carbons (Fsp3) is 0.769. The van der Waals surface area contributed by atoms with Gasteiger partial charge in [0.25, 0.3) is 0 Å². The van der Waals surface area contributed by atoms with Gasteiger partial charge in [-0.3, -0.25) is 4.68 Å². The molecule has 3 heteroatoms. The molecular formula is C13H25N3. The first-order valence-electron chi connectivity index (χ1n) is 6.32.